The quantitative estimate of drug-likeness (QED) is 0.735. The van der Waals surface area contributed by atoms with Crippen molar-refractivity contribution in [1.29, 1.82) is 0 Å². The van der Waals surface area contributed by atoms with Crippen molar-refractivity contribution >= 4 is 27.9 Å². The second-order valence-corrected chi connectivity index (χ2v) is 4.87. The van der Waals surface area contributed by atoms with E-state index in [4.69, 9.17) is 5.73 Å². The van der Waals surface area contributed by atoms with Gasteiger partial charge in [0.25, 0.3) is 0 Å². The van der Waals surface area contributed by atoms with Gasteiger partial charge in [0.2, 0.25) is 5.65 Å². The van der Waals surface area contributed by atoms with Crippen molar-refractivity contribution in [2.45, 2.75) is 13.8 Å². The first-order chi connectivity index (χ1) is 9.18. The molecule has 98 valence electrons. The summed E-state index contributed by atoms with van der Waals surface area (Å²) in [4.78, 5) is 4.10. The number of hydrogen-bond donors (Lipinski definition) is 2. The summed E-state index contributed by atoms with van der Waals surface area (Å²) in [5.74, 6) is 0.503. The molecular weight excluding hydrogens is 242 g/mol. The van der Waals surface area contributed by atoms with E-state index in [0.717, 1.165) is 23.1 Å². The van der Waals surface area contributed by atoms with Crippen LogP contribution in [0.3, 0.4) is 0 Å². The second kappa shape index (κ2) is 4.34. The van der Waals surface area contributed by atoms with Crippen LogP contribution in [0.5, 0.6) is 0 Å². The Balaban J connectivity index is 2.28. The van der Waals surface area contributed by atoms with Gasteiger partial charge in [-0.3, -0.25) is 4.98 Å². The molecule has 7 heteroatoms. The first-order valence-electron chi connectivity index (χ1n) is 6.15. The second-order valence-electron chi connectivity index (χ2n) is 4.87. The van der Waals surface area contributed by atoms with Gasteiger partial charge in [-0.25, -0.2) is 0 Å². The number of nitrogens with one attached hydrogen (secondary N) is 1. The van der Waals surface area contributed by atoms with E-state index in [2.05, 4.69) is 39.7 Å². The van der Waals surface area contributed by atoms with Gasteiger partial charge in [0.15, 0.2) is 0 Å². The van der Waals surface area contributed by atoms with Crippen LogP contribution in [-0.2, 0) is 0 Å². The third-order valence-electron chi connectivity index (χ3n) is 2.97. The molecule has 3 aromatic heterocycles. The van der Waals surface area contributed by atoms with Crippen molar-refractivity contribution in [3.8, 4) is 0 Å². The molecule has 0 aromatic carbocycles. The normalized spacial score (nSPS) is 11.5. The Morgan fingerprint density at radius 2 is 2.26 bits per heavy atom. The summed E-state index contributed by atoms with van der Waals surface area (Å²) < 4.78 is 1.65. The van der Waals surface area contributed by atoms with Crippen molar-refractivity contribution in [1.82, 2.24) is 25.0 Å². The molecule has 0 fully saturated rings. The minimum Gasteiger partial charge on any atom is -0.396 e. The molecule has 0 amide bonds. The predicted octanol–water partition coefficient (Wildman–Crippen LogP) is 1.32. The van der Waals surface area contributed by atoms with Crippen LogP contribution < -0.4 is 11.1 Å². The van der Waals surface area contributed by atoms with E-state index in [-0.39, 0.29) is 0 Å². The van der Waals surface area contributed by atoms with E-state index in [0.29, 0.717) is 17.3 Å². The van der Waals surface area contributed by atoms with Gasteiger partial charge in [-0.1, -0.05) is 13.8 Å². The lowest BCUT2D eigenvalue weighted by molar-refractivity contribution is 0.689. The average molecular weight is 257 g/mol. The maximum absolute atomic E-state index is 6.23. The van der Waals surface area contributed by atoms with Crippen molar-refractivity contribution in [3.05, 3.63) is 18.5 Å². The van der Waals surface area contributed by atoms with Crippen LogP contribution in [0.1, 0.15) is 13.8 Å². The van der Waals surface area contributed by atoms with Gasteiger partial charge in [-0.05, 0) is 22.4 Å². The average Bonchev–Trinajstić information content (AvgIpc) is 2.87. The Labute approximate surface area is 109 Å². The summed E-state index contributed by atoms with van der Waals surface area (Å²) in [5, 5.41) is 16.0. The molecule has 3 rings (SSSR count). The number of tetrazole rings is 1. The highest BCUT2D eigenvalue weighted by molar-refractivity contribution is 6.01. The topological polar surface area (TPSA) is 94.0 Å². The smallest absolute Gasteiger partial charge is 0.205 e. The van der Waals surface area contributed by atoms with Gasteiger partial charge in [0.1, 0.15) is 5.69 Å². The van der Waals surface area contributed by atoms with Crippen LogP contribution in [0.2, 0.25) is 0 Å². The van der Waals surface area contributed by atoms with Gasteiger partial charge < -0.3 is 11.1 Å². The maximum atomic E-state index is 6.23. The molecule has 0 atom stereocenters. The number of nitrogen functional groups attached to an aromatic ring is 1. The number of pyridine rings is 2. The third kappa shape index (κ3) is 1.83. The van der Waals surface area contributed by atoms with E-state index in [1.165, 1.54) is 0 Å². The highest BCUT2D eigenvalue weighted by atomic mass is 15.5. The van der Waals surface area contributed by atoms with Crippen molar-refractivity contribution in [3.63, 3.8) is 0 Å². The monoisotopic (exact) mass is 257 g/mol. The largest absolute Gasteiger partial charge is 0.396 e. The van der Waals surface area contributed by atoms with Gasteiger partial charge in [-0.2, -0.15) is 4.52 Å². The standard InChI is InChI=1S/C12H15N7/c1-7(2)5-15-11-10(13)8-3-4-14-6-9(8)19-12(11)16-17-18-19/h3-4,6-7,15H,5,13H2,1-2H3. The first kappa shape index (κ1) is 11.6. The fourth-order valence-electron chi connectivity index (χ4n) is 2.02. The molecule has 0 bridgehead atoms. The van der Waals surface area contributed by atoms with Gasteiger partial charge in [0, 0.05) is 18.1 Å². The molecule has 19 heavy (non-hydrogen) atoms. The molecular formula is C12H15N7. The van der Waals surface area contributed by atoms with Crippen LogP contribution in [0.25, 0.3) is 16.6 Å². The van der Waals surface area contributed by atoms with Crippen LogP contribution in [0, 0.1) is 5.92 Å². The molecule has 3 N–H and O–H groups in total. The number of anilines is 2. The van der Waals surface area contributed by atoms with E-state index in [1.54, 1.807) is 16.9 Å². The predicted molar refractivity (Wildman–Crippen MR) is 73.8 cm³/mol. The number of nitrogens with two attached hydrogens (primary N) is 1. The summed E-state index contributed by atoms with van der Waals surface area (Å²) in [5.41, 5.74) is 9.08. The molecule has 0 aliphatic rings. The molecule has 7 nitrogen and oxygen atoms in total. The number of rotatable bonds is 3. The zero-order valence-electron chi connectivity index (χ0n) is 10.8. The molecule has 0 aliphatic carbocycles. The first-order valence-corrected chi connectivity index (χ1v) is 6.15. The molecule has 0 saturated carbocycles. The van der Waals surface area contributed by atoms with Crippen molar-refractivity contribution in [2.75, 3.05) is 17.6 Å². The number of fused-ring (bicyclic) bond motifs is 3. The molecule has 0 unspecified atom stereocenters. The summed E-state index contributed by atoms with van der Waals surface area (Å²) in [6.45, 7) is 5.07. The lowest BCUT2D eigenvalue weighted by atomic mass is 10.2. The number of nitrogens with zero attached hydrogens (tertiary/aromatic N) is 5. The SMILES string of the molecule is CC(C)CNc1c(N)c2ccncc2n2nnnc12. The minimum atomic E-state index is 0.503. The Morgan fingerprint density at radius 1 is 1.42 bits per heavy atom. The molecule has 0 saturated heterocycles. The molecule has 0 radical (unpaired) electrons. The third-order valence-corrected chi connectivity index (χ3v) is 2.97. The van der Waals surface area contributed by atoms with E-state index in [9.17, 15) is 0 Å². The van der Waals surface area contributed by atoms with Crippen LogP contribution >= 0.6 is 0 Å². The van der Waals surface area contributed by atoms with Crippen molar-refractivity contribution in [2.24, 2.45) is 5.92 Å². The van der Waals surface area contributed by atoms with Gasteiger partial charge in [0.05, 0.1) is 17.4 Å². The summed E-state index contributed by atoms with van der Waals surface area (Å²) in [7, 11) is 0. The van der Waals surface area contributed by atoms with Crippen LogP contribution in [0.15, 0.2) is 18.5 Å². The van der Waals surface area contributed by atoms with Gasteiger partial charge >= 0.3 is 0 Å². The lowest BCUT2D eigenvalue weighted by Gasteiger charge is -2.13. The Kier molecular flexibility index (Phi) is 2.66. The Morgan fingerprint density at radius 3 is 3.05 bits per heavy atom. The molecule has 3 heterocycles. The molecule has 3 aromatic rings. The number of hydrogen-bond acceptors (Lipinski definition) is 6. The molecule has 0 aliphatic heterocycles. The van der Waals surface area contributed by atoms with E-state index < -0.39 is 0 Å². The van der Waals surface area contributed by atoms with Gasteiger partial charge in [-0.15, -0.1) is 5.10 Å². The fraction of sp³-hybridized carbons (Fsp3) is 0.333. The maximum Gasteiger partial charge on any atom is 0.205 e. The highest BCUT2D eigenvalue weighted by Crippen LogP contribution is 2.31. The van der Waals surface area contributed by atoms with Crippen LogP contribution in [-0.4, -0.2) is 31.6 Å². The van der Waals surface area contributed by atoms with Crippen LogP contribution in [0.4, 0.5) is 11.4 Å². The summed E-state index contributed by atoms with van der Waals surface area (Å²) in [6, 6.07) is 1.87. The molecule has 0 spiro atoms. The summed E-state index contributed by atoms with van der Waals surface area (Å²) in [6.07, 6.45) is 3.42. The lowest BCUT2D eigenvalue weighted by Crippen LogP contribution is -2.11. The minimum absolute atomic E-state index is 0.503. The fourth-order valence-corrected chi connectivity index (χ4v) is 2.02. The van der Waals surface area contributed by atoms with E-state index in [1.807, 2.05) is 6.07 Å². The Bertz CT molecular complexity index is 731. The van der Waals surface area contributed by atoms with E-state index >= 15 is 0 Å². The highest BCUT2D eigenvalue weighted by Gasteiger charge is 2.15. The zero-order valence-corrected chi connectivity index (χ0v) is 10.8. The van der Waals surface area contributed by atoms with Crippen molar-refractivity contribution < 1.29 is 0 Å². The summed E-state index contributed by atoms with van der Waals surface area (Å²) >= 11 is 0. The zero-order chi connectivity index (χ0) is 13.4. The number of aromatic nitrogens is 5. The Hall–Kier alpha value is -2.44.